The Balaban J connectivity index is 1.31. The lowest BCUT2D eigenvalue weighted by Gasteiger charge is -2.32. The van der Waals surface area contributed by atoms with Gasteiger partial charge in [-0.3, -0.25) is 9.69 Å². The summed E-state index contributed by atoms with van der Waals surface area (Å²) in [4.78, 5) is 14.0. The number of nitrogens with zero attached hydrogens (tertiary/aromatic N) is 2. The number of rotatable bonds is 8. The molecule has 4 rings (SSSR count). The summed E-state index contributed by atoms with van der Waals surface area (Å²) in [6.07, 6.45) is 4.48. The van der Waals surface area contributed by atoms with E-state index in [4.69, 9.17) is 5.53 Å². The number of aliphatic hydroxyl groups excluding tert-OH is 1. The van der Waals surface area contributed by atoms with E-state index < -0.39 is 6.10 Å². The average molecular weight is 448 g/mol. The van der Waals surface area contributed by atoms with Gasteiger partial charge in [0.25, 0.3) is 0 Å². The lowest BCUT2D eigenvalue weighted by atomic mass is 9.89. The van der Waals surface area contributed by atoms with Crippen LogP contribution in [0, 0.1) is 5.53 Å². The van der Waals surface area contributed by atoms with Crippen molar-refractivity contribution in [2.45, 2.75) is 50.7 Å². The highest BCUT2D eigenvalue weighted by Crippen LogP contribution is 2.32. The number of nitrogens with one attached hydrogen (secondary N) is 3. The second kappa shape index (κ2) is 10.7. The first-order chi connectivity index (χ1) is 16.1. The molecule has 7 nitrogen and oxygen atoms in total. The lowest BCUT2D eigenvalue weighted by Crippen LogP contribution is -2.34. The van der Waals surface area contributed by atoms with E-state index in [0.717, 1.165) is 37.2 Å². The monoisotopic (exact) mass is 447 g/mol. The molecule has 7 heteroatoms. The molecule has 1 fully saturated rings. The molecule has 2 aromatic rings. The van der Waals surface area contributed by atoms with E-state index in [9.17, 15) is 9.90 Å². The Kier molecular flexibility index (Phi) is 7.52. The van der Waals surface area contributed by atoms with Crippen LogP contribution in [-0.4, -0.2) is 41.7 Å². The van der Waals surface area contributed by atoms with E-state index in [2.05, 4.69) is 38.8 Å². The molecule has 2 atom stereocenters. The number of piperidine rings is 1. The molecule has 174 valence electrons. The summed E-state index contributed by atoms with van der Waals surface area (Å²) in [6.45, 7) is 4.32. The topological polar surface area (TPSA) is 101 Å². The van der Waals surface area contributed by atoms with Crippen LogP contribution in [0.2, 0.25) is 0 Å². The molecule has 0 bridgehead atoms. The number of hydrogen-bond acceptors (Lipinski definition) is 6. The fourth-order valence-corrected chi connectivity index (χ4v) is 4.85. The fourth-order valence-electron chi connectivity index (χ4n) is 4.85. The third kappa shape index (κ3) is 5.67. The Labute approximate surface area is 195 Å². The Morgan fingerprint density at radius 2 is 2.00 bits per heavy atom. The number of hydrogen-bond donors (Lipinski definition) is 4. The van der Waals surface area contributed by atoms with Crippen LogP contribution in [0.5, 0.6) is 0 Å². The smallest absolute Gasteiger partial charge is 0.224 e. The van der Waals surface area contributed by atoms with Crippen molar-refractivity contribution in [3.8, 4) is 0 Å². The first kappa shape index (κ1) is 23.1. The van der Waals surface area contributed by atoms with E-state index >= 15 is 0 Å². The quantitative estimate of drug-likeness (QED) is 0.452. The van der Waals surface area contributed by atoms with Crippen LogP contribution in [0.15, 0.2) is 65.5 Å². The van der Waals surface area contributed by atoms with E-state index in [-0.39, 0.29) is 11.9 Å². The van der Waals surface area contributed by atoms with Crippen molar-refractivity contribution in [2.24, 2.45) is 5.11 Å². The van der Waals surface area contributed by atoms with Gasteiger partial charge in [-0.25, -0.2) is 5.53 Å². The molecule has 1 heterocycles. The van der Waals surface area contributed by atoms with Crippen LogP contribution in [0.25, 0.3) is 0 Å². The molecule has 2 aromatic carbocycles. The molecule has 0 radical (unpaired) electrons. The highest BCUT2D eigenvalue weighted by Gasteiger charge is 2.30. The second-order valence-electron chi connectivity index (χ2n) is 8.94. The number of benzene rings is 2. The third-order valence-electron chi connectivity index (χ3n) is 6.71. The van der Waals surface area contributed by atoms with Gasteiger partial charge in [0.05, 0.1) is 17.8 Å². The average Bonchev–Trinajstić information content (AvgIpc) is 3.17. The molecular weight excluding hydrogens is 414 g/mol. The number of aliphatic hydroxyl groups is 1. The van der Waals surface area contributed by atoms with E-state index in [1.807, 2.05) is 37.3 Å². The molecule has 0 unspecified atom stereocenters. The molecule has 1 aliphatic carbocycles. The minimum Gasteiger partial charge on any atom is -0.390 e. The number of amides is 1. The number of anilines is 1. The minimum absolute atomic E-state index is 0.0302. The molecule has 2 aliphatic rings. The highest BCUT2D eigenvalue weighted by molar-refractivity contribution is 5.90. The van der Waals surface area contributed by atoms with Crippen molar-refractivity contribution in [2.75, 3.05) is 25.0 Å². The standard InChI is InChI=1S/C26H33N5O2/c1-2-25(33)29-21-8-5-7-19(14-21)18-10-12-31(13-11-18)17-22(30-27)16-28-26-23-9-4-3-6-20(23)15-24(26)32/h3-9,14,16,18,24,26-28,32H,2,10-13,15,17H2,1H3,(H,29,33)/b22-16-,30-27?/t24-,26-/m1/s1. The van der Waals surface area contributed by atoms with Gasteiger partial charge < -0.3 is 15.7 Å². The van der Waals surface area contributed by atoms with Gasteiger partial charge >= 0.3 is 0 Å². The van der Waals surface area contributed by atoms with Crippen molar-refractivity contribution in [3.63, 3.8) is 0 Å². The van der Waals surface area contributed by atoms with Crippen LogP contribution >= 0.6 is 0 Å². The first-order valence-electron chi connectivity index (χ1n) is 11.8. The van der Waals surface area contributed by atoms with Crippen LogP contribution < -0.4 is 10.6 Å². The van der Waals surface area contributed by atoms with E-state index in [1.54, 1.807) is 6.20 Å². The molecule has 0 saturated carbocycles. The molecule has 1 amide bonds. The number of carbonyl (C=O) groups is 1. The minimum atomic E-state index is -0.473. The van der Waals surface area contributed by atoms with Crippen molar-refractivity contribution in [1.29, 1.82) is 5.53 Å². The molecule has 1 aliphatic heterocycles. The molecular formula is C26H33N5O2. The summed E-state index contributed by atoms with van der Waals surface area (Å²) in [5, 5.41) is 20.4. The summed E-state index contributed by atoms with van der Waals surface area (Å²) in [5.74, 6) is 0.492. The Bertz CT molecular complexity index is 1010. The Morgan fingerprint density at radius 1 is 1.21 bits per heavy atom. The lowest BCUT2D eigenvalue weighted by molar-refractivity contribution is -0.115. The zero-order chi connectivity index (χ0) is 23.2. The van der Waals surface area contributed by atoms with Gasteiger partial charge in [0, 0.05) is 31.3 Å². The van der Waals surface area contributed by atoms with Gasteiger partial charge in [-0.1, -0.05) is 43.3 Å². The molecule has 0 spiro atoms. The second-order valence-corrected chi connectivity index (χ2v) is 8.94. The van der Waals surface area contributed by atoms with Crippen LogP contribution in [0.4, 0.5) is 5.69 Å². The van der Waals surface area contributed by atoms with Crippen LogP contribution in [-0.2, 0) is 11.2 Å². The van der Waals surface area contributed by atoms with Gasteiger partial charge in [-0.2, -0.15) is 5.11 Å². The van der Waals surface area contributed by atoms with Crippen molar-refractivity contribution in [3.05, 3.63) is 77.1 Å². The maximum atomic E-state index is 11.7. The zero-order valence-electron chi connectivity index (χ0n) is 19.1. The normalized spacial score (nSPS) is 21.5. The van der Waals surface area contributed by atoms with E-state index in [1.165, 1.54) is 11.1 Å². The van der Waals surface area contributed by atoms with Crippen molar-refractivity contribution < 1.29 is 9.90 Å². The Morgan fingerprint density at radius 3 is 2.76 bits per heavy atom. The summed E-state index contributed by atoms with van der Waals surface area (Å²) < 4.78 is 0. The Hall–Kier alpha value is -3.03. The fraction of sp³-hybridized carbons (Fsp3) is 0.423. The summed E-state index contributed by atoms with van der Waals surface area (Å²) in [6, 6.07) is 16.1. The number of likely N-dealkylation sites (tertiary alicyclic amines) is 1. The highest BCUT2D eigenvalue weighted by atomic mass is 16.3. The van der Waals surface area contributed by atoms with Gasteiger partial charge in [0.15, 0.2) is 0 Å². The molecule has 0 aromatic heterocycles. The predicted octanol–water partition coefficient (Wildman–Crippen LogP) is 4.33. The SMILES string of the molecule is CCC(=O)Nc1cccc(C2CCN(C/C(=C/N[C@@H]3c4ccccc4C[C@H]3O)N=N)CC2)c1. The predicted molar refractivity (Wildman–Crippen MR) is 129 cm³/mol. The summed E-state index contributed by atoms with van der Waals surface area (Å²) >= 11 is 0. The third-order valence-corrected chi connectivity index (χ3v) is 6.71. The van der Waals surface area contributed by atoms with Gasteiger partial charge in [-0.05, 0) is 60.7 Å². The summed E-state index contributed by atoms with van der Waals surface area (Å²) in [5.41, 5.74) is 12.7. The first-order valence-corrected chi connectivity index (χ1v) is 11.8. The van der Waals surface area contributed by atoms with Crippen LogP contribution in [0.1, 0.15) is 54.8 Å². The molecule has 33 heavy (non-hydrogen) atoms. The van der Waals surface area contributed by atoms with Gasteiger partial charge in [0.1, 0.15) is 0 Å². The molecule has 1 saturated heterocycles. The van der Waals surface area contributed by atoms with Crippen molar-refractivity contribution >= 4 is 11.6 Å². The van der Waals surface area contributed by atoms with Crippen LogP contribution in [0.3, 0.4) is 0 Å². The van der Waals surface area contributed by atoms with Gasteiger partial charge in [-0.15, -0.1) is 0 Å². The van der Waals surface area contributed by atoms with E-state index in [0.29, 0.717) is 31.0 Å². The van der Waals surface area contributed by atoms with Gasteiger partial charge in [0.2, 0.25) is 5.91 Å². The maximum Gasteiger partial charge on any atom is 0.224 e. The summed E-state index contributed by atoms with van der Waals surface area (Å²) in [7, 11) is 0. The number of fused-ring (bicyclic) bond motifs is 1. The van der Waals surface area contributed by atoms with Crippen molar-refractivity contribution in [1.82, 2.24) is 10.2 Å². The zero-order valence-corrected chi connectivity index (χ0v) is 19.1. The maximum absolute atomic E-state index is 11.7. The molecule has 4 N–H and O–H groups in total. The number of carbonyl (C=O) groups excluding carboxylic acids is 1. The largest absolute Gasteiger partial charge is 0.390 e.